The first-order valence-corrected chi connectivity index (χ1v) is 8.42. The standard InChI is InChI=1S/C17H16N4O3S/c1-12-15(21(23)24)8-16(25-12)17(22)19-9-13-4-2-3-5-14(13)10-20-7-6-18-11-20/h2-8,11H,9-10H2,1H3,(H,19,22). The highest BCUT2D eigenvalue weighted by atomic mass is 32.1. The second-order valence-electron chi connectivity index (χ2n) is 5.50. The Morgan fingerprint density at radius 3 is 2.76 bits per heavy atom. The summed E-state index contributed by atoms with van der Waals surface area (Å²) in [5, 5.41) is 13.7. The van der Waals surface area contributed by atoms with Crippen molar-refractivity contribution in [1.29, 1.82) is 0 Å². The first kappa shape index (κ1) is 16.8. The van der Waals surface area contributed by atoms with Crippen LogP contribution in [0.25, 0.3) is 0 Å². The van der Waals surface area contributed by atoms with E-state index in [4.69, 9.17) is 0 Å². The molecule has 0 aliphatic heterocycles. The predicted octanol–water partition coefficient (Wildman–Crippen LogP) is 3.14. The summed E-state index contributed by atoms with van der Waals surface area (Å²) in [6, 6.07) is 9.14. The van der Waals surface area contributed by atoms with Crippen molar-refractivity contribution in [3.63, 3.8) is 0 Å². The van der Waals surface area contributed by atoms with Crippen LogP contribution in [0.4, 0.5) is 5.69 Å². The van der Waals surface area contributed by atoms with E-state index < -0.39 is 4.92 Å². The van der Waals surface area contributed by atoms with Gasteiger partial charge in [0.1, 0.15) is 0 Å². The number of nitro groups is 1. The van der Waals surface area contributed by atoms with Gasteiger partial charge < -0.3 is 9.88 Å². The molecule has 0 spiro atoms. The van der Waals surface area contributed by atoms with Gasteiger partial charge in [0, 0.05) is 31.5 Å². The van der Waals surface area contributed by atoms with Gasteiger partial charge in [-0.2, -0.15) is 0 Å². The fraction of sp³-hybridized carbons (Fsp3) is 0.176. The summed E-state index contributed by atoms with van der Waals surface area (Å²) in [7, 11) is 0. The number of imidazole rings is 1. The lowest BCUT2D eigenvalue weighted by Gasteiger charge is -2.11. The fourth-order valence-corrected chi connectivity index (χ4v) is 3.39. The molecule has 0 saturated carbocycles. The van der Waals surface area contributed by atoms with Gasteiger partial charge in [-0.1, -0.05) is 24.3 Å². The molecule has 0 saturated heterocycles. The monoisotopic (exact) mass is 356 g/mol. The lowest BCUT2D eigenvalue weighted by Crippen LogP contribution is -2.22. The quantitative estimate of drug-likeness (QED) is 0.543. The molecular formula is C17H16N4O3S. The smallest absolute Gasteiger partial charge is 0.283 e. The average molecular weight is 356 g/mol. The van der Waals surface area contributed by atoms with E-state index in [1.807, 2.05) is 35.0 Å². The van der Waals surface area contributed by atoms with Crippen LogP contribution in [0.1, 0.15) is 25.7 Å². The number of thiophene rings is 1. The molecular weight excluding hydrogens is 340 g/mol. The summed E-state index contributed by atoms with van der Waals surface area (Å²) < 4.78 is 1.95. The summed E-state index contributed by atoms with van der Waals surface area (Å²) in [6.07, 6.45) is 5.34. The van der Waals surface area contributed by atoms with Crippen LogP contribution in [-0.2, 0) is 13.1 Å². The molecule has 1 amide bonds. The highest BCUT2D eigenvalue weighted by molar-refractivity contribution is 7.14. The van der Waals surface area contributed by atoms with Gasteiger partial charge in [0.05, 0.1) is 21.0 Å². The average Bonchev–Trinajstić information content (AvgIpc) is 3.23. The highest BCUT2D eigenvalue weighted by Gasteiger charge is 2.19. The molecule has 3 rings (SSSR count). The number of nitrogens with zero attached hydrogens (tertiary/aromatic N) is 3. The van der Waals surface area contributed by atoms with Crippen LogP contribution >= 0.6 is 11.3 Å². The van der Waals surface area contributed by atoms with Gasteiger partial charge >= 0.3 is 0 Å². The molecule has 0 fully saturated rings. The van der Waals surface area contributed by atoms with Crippen molar-refractivity contribution in [2.75, 3.05) is 0 Å². The minimum Gasteiger partial charge on any atom is -0.347 e. The van der Waals surface area contributed by atoms with Crippen LogP contribution in [0.3, 0.4) is 0 Å². The molecule has 7 nitrogen and oxygen atoms in total. The number of aromatic nitrogens is 2. The van der Waals surface area contributed by atoms with Crippen molar-refractivity contribution in [1.82, 2.24) is 14.9 Å². The molecule has 1 N–H and O–H groups in total. The zero-order valence-corrected chi connectivity index (χ0v) is 14.3. The van der Waals surface area contributed by atoms with Crippen molar-refractivity contribution in [2.45, 2.75) is 20.0 Å². The Morgan fingerprint density at radius 2 is 2.12 bits per heavy atom. The normalized spacial score (nSPS) is 10.6. The molecule has 0 bridgehead atoms. The van der Waals surface area contributed by atoms with Crippen molar-refractivity contribution in [2.24, 2.45) is 0 Å². The number of hydrogen-bond acceptors (Lipinski definition) is 5. The van der Waals surface area contributed by atoms with Gasteiger partial charge in [-0.25, -0.2) is 4.98 Å². The fourth-order valence-electron chi connectivity index (χ4n) is 2.49. The Bertz CT molecular complexity index is 903. The second-order valence-corrected chi connectivity index (χ2v) is 6.75. The SMILES string of the molecule is Cc1sc(C(=O)NCc2ccccc2Cn2ccnc2)cc1[N+](=O)[O-]. The molecule has 2 heterocycles. The van der Waals surface area contributed by atoms with Gasteiger partial charge in [0.15, 0.2) is 0 Å². The van der Waals surface area contributed by atoms with Crippen LogP contribution in [0.5, 0.6) is 0 Å². The van der Waals surface area contributed by atoms with Gasteiger partial charge in [-0.15, -0.1) is 11.3 Å². The molecule has 0 aliphatic carbocycles. The van der Waals surface area contributed by atoms with E-state index in [0.717, 1.165) is 22.5 Å². The molecule has 0 radical (unpaired) electrons. The summed E-state index contributed by atoms with van der Waals surface area (Å²) in [6.45, 7) is 2.66. The Labute approximate surface area is 148 Å². The first-order valence-electron chi connectivity index (χ1n) is 7.60. The van der Waals surface area contributed by atoms with E-state index in [1.165, 1.54) is 6.07 Å². The largest absolute Gasteiger partial charge is 0.347 e. The maximum Gasteiger partial charge on any atom is 0.283 e. The van der Waals surface area contributed by atoms with E-state index in [-0.39, 0.29) is 11.6 Å². The van der Waals surface area contributed by atoms with Crippen molar-refractivity contribution in [3.8, 4) is 0 Å². The molecule has 128 valence electrons. The van der Waals surface area contributed by atoms with Crippen LogP contribution in [0.15, 0.2) is 49.1 Å². The predicted molar refractivity (Wildman–Crippen MR) is 94.7 cm³/mol. The van der Waals surface area contributed by atoms with Crippen LogP contribution in [0, 0.1) is 17.0 Å². The van der Waals surface area contributed by atoms with E-state index in [1.54, 1.807) is 19.4 Å². The molecule has 8 heteroatoms. The van der Waals surface area contributed by atoms with Crippen LogP contribution < -0.4 is 5.32 Å². The van der Waals surface area contributed by atoms with Crippen molar-refractivity contribution < 1.29 is 9.72 Å². The number of rotatable bonds is 6. The maximum atomic E-state index is 12.3. The Hall–Kier alpha value is -3.00. The number of carbonyl (C=O) groups excluding carboxylic acids is 1. The Balaban J connectivity index is 1.70. The summed E-state index contributed by atoms with van der Waals surface area (Å²) in [4.78, 5) is 27.6. The molecule has 2 aromatic heterocycles. The number of hydrogen-bond donors (Lipinski definition) is 1. The molecule has 0 unspecified atom stereocenters. The Kier molecular flexibility index (Phi) is 4.90. The number of amides is 1. The topological polar surface area (TPSA) is 90.1 Å². The van der Waals surface area contributed by atoms with Crippen molar-refractivity contribution in [3.05, 3.63) is 80.0 Å². The van der Waals surface area contributed by atoms with Crippen LogP contribution in [0.2, 0.25) is 0 Å². The minimum atomic E-state index is -0.469. The summed E-state index contributed by atoms with van der Waals surface area (Å²) in [5.41, 5.74) is 2.05. The van der Waals surface area contributed by atoms with Gasteiger partial charge in [0.2, 0.25) is 0 Å². The van der Waals surface area contributed by atoms with E-state index >= 15 is 0 Å². The van der Waals surface area contributed by atoms with E-state index in [9.17, 15) is 14.9 Å². The van der Waals surface area contributed by atoms with E-state index in [2.05, 4.69) is 10.3 Å². The van der Waals surface area contributed by atoms with Gasteiger partial charge in [-0.3, -0.25) is 14.9 Å². The summed E-state index contributed by atoms with van der Waals surface area (Å²) >= 11 is 1.13. The lowest BCUT2D eigenvalue weighted by molar-refractivity contribution is -0.385. The number of nitrogens with one attached hydrogen (secondary N) is 1. The zero-order valence-electron chi connectivity index (χ0n) is 13.5. The lowest BCUT2D eigenvalue weighted by atomic mass is 10.1. The third-order valence-corrected chi connectivity index (χ3v) is 4.82. The second kappa shape index (κ2) is 7.27. The maximum absolute atomic E-state index is 12.3. The third kappa shape index (κ3) is 3.92. The van der Waals surface area contributed by atoms with E-state index in [0.29, 0.717) is 22.8 Å². The molecule has 0 atom stereocenters. The summed E-state index contributed by atoms with van der Waals surface area (Å²) in [5.74, 6) is -0.307. The molecule has 0 aliphatic rings. The first-order chi connectivity index (χ1) is 12.0. The molecule has 25 heavy (non-hydrogen) atoms. The minimum absolute atomic E-state index is 0.0179. The zero-order chi connectivity index (χ0) is 17.8. The number of aryl methyl sites for hydroxylation is 1. The van der Waals surface area contributed by atoms with Crippen molar-refractivity contribution >= 4 is 22.9 Å². The third-order valence-electron chi connectivity index (χ3n) is 3.78. The molecule has 1 aromatic carbocycles. The number of carbonyl (C=O) groups is 1. The molecule has 3 aromatic rings. The Morgan fingerprint density at radius 1 is 1.36 bits per heavy atom. The number of benzene rings is 1. The van der Waals surface area contributed by atoms with Gasteiger partial charge in [0.25, 0.3) is 11.6 Å². The highest BCUT2D eigenvalue weighted by Crippen LogP contribution is 2.28. The van der Waals surface area contributed by atoms with Gasteiger partial charge in [-0.05, 0) is 18.1 Å². The van der Waals surface area contributed by atoms with Crippen LogP contribution in [-0.4, -0.2) is 20.4 Å².